The molecule has 2 heterocycles. The van der Waals surface area contributed by atoms with E-state index in [4.69, 9.17) is 0 Å². The van der Waals surface area contributed by atoms with Crippen LogP contribution in [0, 0.1) is 0 Å². The number of carboxylic acid groups (broad SMARTS) is 1. The van der Waals surface area contributed by atoms with Crippen molar-refractivity contribution in [2.24, 2.45) is 0 Å². The maximum Gasteiger partial charge on any atom is 0.329 e. The van der Waals surface area contributed by atoms with Crippen LogP contribution in [0.3, 0.4) is 0 Å². The number of likely N-dealkylation sites (tertiary alicyclic amines) is 1. The highest BCUT2D eigenvalue weighted by atomic mass is 16.4. The SMILES string of the molecule is CC(=O)N1CCC1(CCCc1cnccn1)C(=O)O. The van der Waals surface area contributed by atoms with Crippen LogP contribution in [-0.2, 0) is 16.0 Å². The van der Waals surface area contributed by atoms with E-state index in [-0.39, 0.29) is 5.91 Å². The van der Waals surface area contributed by atoms with Gasteiger partial charge in [0.2, 0.25) is 5.91 Å². The lowest BCUT2D eigenvalue weighted by Crippen LogP contribution is -2.66. The fourth-order valence-electron chi connectivity index (χ4n) is 2.56. The number of nitrogens with zero attached hydrogens (tertiary/aromatic N) is 3. The van der Waals surface area contributed by atoms with Gasteiger partial charge in [0.15, 0.2) is 0 Å². The monoisotopic (exact) mass is 263 g/mol. The van der Waals surface area contributed by atoms with Crippen LogP contribution in [0.5, 0.6) is 0 Å². The summed E-state index contributed by atoms with van der Waals surface area (Å²) in [4.78, 5) is 32.4. The third-order valence-corrected chi connectivity index (χ3v) is 3.68. The third kappa shape index (κ3) is 2.57. The highest BCUT2D eigenvalue weighted by Crippen LogP contribution is 2.35. The summed E-state index contributed by atoms with van der Waals surface area (Å²) in [6.07, 6.45) is 7.24. The summed E-state index contributed by atoms with van der Waals surface area (Å²) in [5.41, 5.74) is -0.162. The fourth-order valence-corrected chi connectivity index (χ4v) is 2.56. The van der Waals surface area contributed by atoms with Gasteiger partial charge in [0.25, 0.3) is 0 Å². The molecule has 1 N–H and O–H groups in total. The molecule has 1 aliphatic rings. The minimum absolute atomic E-state index is 0.173. The maximum absolute atomic E-state index is 11.4. The molecule has 19 heavy (non-hydrogen) atoms. The number of hydrogen-bond acceptors (Lipinski definition) is 4. The van der Waals surface area contributed by atoms with E-state index < -0.39 is 11.5 Å². The normalized spacial score (nSPS) is 21.8. The van der Waals surface area contributed by atoms with Crippen LogP contribution < -0.4 is 0 Å². The van der Waals surface area contributed by atoms with Gasteiger partial charge in [-0.1, -0.05) is 0 Å². The first-order chi connectivity index (χ1) is 9.06. The van der Waals surface area contributed by atoms with Crippen molar-refractivity contribution in [3.63, 3.8) is 0 Å². The van der Waals surface area contributed by atoms with Gasteiger partial charge in [-0.2, -0.15) is 0 Å². The van der Waals surface area contributed by atoms with Crippen LogP contribution in [0.1, 0.15) is 31.9 Å². The molecular formula is C13H17N3O3. The van der Waals surface area contributed by atoms with Gasteiger partial charge in [-0.15, -0.1) is 0 Å². The average molecular weight is 263 g/mol. The summed E-state index contributed by atoms with van der Waals surface area (Å²) in [5, 5.41) is 9.38. The Morgan fingerprint density at radius 2 is 2.26 bits per heavy atom. The van der Waals surface area contributed by atoms with Crippen molar-refractivity contribution in [3.05, 3.63) is 24.3 Å². The van der Waals surface area contributed by atoms with Crippen LogP contribution in [0.15, 0.2) is 18.6 Å². The first kappa shape index (κ1) is 13.5. The number of aryl methyl sites for hydroxylation is 1. The molecule has 1 aromatic heterocycles. The van der Waals surface area contributed by atoms with E-state index in [0.717, 1.165) is 5.69 Å². The standard InChI is InChI=1S/C13H17N3O3/c1-10(17)16-8-5-13(16,12(18)19)4-2-3-11-9-14-6-7-15-11/h6-7,9H,2-5,8H2,1H3,(H,18,19). The van der Waals surface area contributed by atoms with Crippen molar-refractivity contribution in [1.82, 2.24) is 14.9 Å². The van der Waals surface area contributed by atoms with Crippen LogP contribution >= 0.6 is 0 Å². The molecule has 1 aromatic rings. The highest BCUT2D eigenvalue weighted by molar-refractivity contribution is 5.88. The maximum atomic E-state index is 11.4. The predicted octanol–water partition coefficient (Wildman–Crippen LogP) is 0.875. The fraction of sp³-hybridized carbons (Fsp3) is 0.538. The molecule has 0 aromatic carbocycles. The van der Waals surface area contributed by atoms with Gasteiger partial charge < -0.3 is 10.0 Å². The molecule has 102 valence electrons. The minimum Gasteiger partial charge on any atom is -0.479 e. The minimum atomic E-state index is -1.01. The number of carboxylic acids is 1. The number of amides is 1. The molecule has 0 bridgehead atoms. The number of rotatable bonds is 5. The summed E-state index contributed by atoms with van der Waals surface area (Å²) < 4.78 is 0. The topological polar surface area (TPSA) is 83.4 Å². The zero-order valence-corrected chi connectivity index (χ0v) is 10.9. The summed E-state index contributed by atoms with van der Waals surface area (Å²) in [5.74, 6) is -1.08. The summed E-state index contributed by atoms with van der Waals surface area (Å²) in [7, 11) is 0. The Kier molecular flexibility index (Phi) is 3.78. The quantitative estimate of drug-likeness (QED) is 0.852. The molecule has 2 rings (SSSR count). The number of aliphatic carboxylic acids is 1. The van der Waals surface area contributed by atoms with Crippen LogP contribution in [-0.4, -0.2) is 43.9 Å². The van der Waals surface area contributed by atoms with Crippen LogP contribution in [0.2, 0.25) is 0 Å². The predicted molar refractivity (Wildman–Crippen MR) is 67.3 cm³/mol. The zero-order chi connectivity index (χ0) is 13.9. The van der Waals surface area contributed by atoms with E-state index >= 15 is 0 Å². The smallest absolute Gasteiger partial charge is 0.329 e. The van der Waals surface area contributed by atoms with Crippen molar-refractivity contribution >= 4 is 11.9 Å². The molecule has 0 aliphatic carbocycles. The number of hydrogen-bond donors (Lipinski definition) is 1. The lowest BCUT2D eigenvalue weighted by atomic mass is 9.80. The average Bonchev–Trinajstić information content (AvgIpc) is 2.33. The van der Waals surface area contributed by atoms with E-state index in [0.29, 0.717) is 32.2 Å². The molecule has 0 radical (unpaired) electrons. The first-order valence-electron chi connectivity index (χ1n) is 6.33. The van der Waals surface area contributed by atoms with Gasteiger partial charge in [0, 0.05) is 32.1 Å². The second-order valence-electron chi connectivity index (χ2n) is 4.81. The summed E-state index contributed by atoms with van der Waals surface area (Å²) >= 11 is 0. The van der Waals surface area contributed by atoms with Gasteiger partial charge in [-0.25, -0.2) is 4.79 Å². The molecule has 1 amide bonds. The molecule has 1 unspecified atom stereocenters. The van der Waals surface area contributed by atoms with Gasteiger partial charge >= 0.3 is 5.97 Å². The van der Waals surface area contributed by atoms with Gasteiger partial charge in [-0.05, 0) is 25.7 Å². The molecule has 1 aliphatic heterocycles. The first-order valence-corrected chi connectivity index (χ1v) is 6.33. The Hall–Kier alpha value is -1.98. The molecule has 1 saturated heterocycles. The van der Waals surface area contributed by atoms with E-state index in [2.05, 4.69) is 9.97 Å². The van der Waals surface area contributed by atoms with Gasteiger partial charge in [0.05, 0.1) is 5.69 Å². The van der Waals surface area contributed by atoms with E-state index in [1.165, 1.54) is 11.8 Å². The van der Waals surface area contributed by atoms with Crippen LogP contribution in [0.25, 0.3) is 0 Å². The summed E-state index contributed by atoms with van der Waals surface area (Å²) in [6.45, 7) is 1.95. The van der Waals surface area contributed by atoms with E-state index in [9.17, 15) is 14.7 Å². The van der Waals surface area contributed by atoms with Crippen LogP contribution in [0.4, 0.5) is 0 Å². The molecule has 0 saturated carbocycles. The molecule has 6 heteroatoms. The van der Waals surface area contributed by atoms with Gasteiger partial charge in [-0.3, -0.25) is 14.8 Å². The van der Waals surface area contributed by atoms with Crippen molar-refractivity contribution in [2.45, 2.75) is 38.1 Å². The van der Waals surface area contributed by atoms with Gasteiger partial charge in [0.1, 0.15) is 5.54 Å². The van der Waals surface area contributed by atoms with E-state index in [1.807, 2.05) is 0 Å². The molecule has 1 fully saturated rings. The summed E-state index contributed by atoms with van der Waals surface area (Å²) in [6, 6.07) is 0. The Morgan fingerprint density at radius 3 is 2.74 bits per heavy atom. The van der Waals surface area contributed by atoms with Crippen molar-refractivity contribution in [1.29, 1.82) is 0 Å². The highest BCUT2D eigenvalue weighted by Gasteiger charge is 2.52. The molecule has 1 atom stereocenters. The Bertz CT molecular complexity index is 477. The second-order valence-corrected chi connectivity index (χ2v) is 4.81. The number of carbonyl (C=O) groups is 2. The largest absolute Gasteiger partial charge is 0.479 e. The molecular weight excluding hydrogens is 246 g/mol. The Morgan fingerprint density at radius 1 is 1.47 bits per heavy atom. The van der Waals surface area contributed by atoms with Crippen molar-refractivity contribution < 1.29 is 14.7 Å². The number of carbonyl (C=O) groups excluding carboxylic acids is 1. The zero-order valence-electron chi connectivity index (χ0n) is 10.9. The van der Waals surface area contributed by atoms with Crippen molar-refractivity contribution in [2.75, 3.05) is 6.54 Å². The van der Waals surface area contributed by atoms with E-state index in [1.54, 1.807) is 18.6 Å². The Balaban J connectivity index is 1.96. The lowest BCUT2D eigenvalue weighted by Gasteiger charge is -2.49. The Labute approximate surface area is 111 Å². The second kappa shape index (κ2) is 5.34. The molecule has 6 nitrogen and oxygen atoms in total. The number of aromatic nitrogens is 2. The molecule has 0 spiro atoms. The lowest BCUT2D eigenvalue weighted by molar-refractivity contribution is -0.170. The van der Waals surface area contributed by atoms with Crippen molar-refractivity contribution in [3.8, 4) is 0 Å². The third-order valence-electron chi connectivity index (χ3n) is 3.68.